The largest absolute Gasteiger partial charge is 0.387 e. The molecule has 3 N–H and O–H groups in total. The van der Waals surface area contributed by atoms with Gasteiger partial charge in [0.15, 0.2) is 0 Å². The molecule has 1 aliphatic rings. The summed E-state index contributed by atoms with van der Waals surface area (Å²) in [6.07, 6.45) is 2.94. The van der Waals surface area contributed by atoms with Crippen LogP contribution in [0, 0.1) is 6.92 Å². The van der Waals surface area contributed by atoms with Crippen molar-refractivity contribution in [3.05, 3.63) is 35.4 Å². The Labute approximate surface area is 139 Å². The second-order valence-corrected chi connectivity index (χ2v) is 6.24. The minimum atomic E-state index is -0.677. The minimum absolute atomic E-state index is 0.209. The van der Waals surface area contributed by atoms with Crippen molar-refractivity contribution in [2.75, 3.05) is 26.2 Å². The van der Waals surface area contributed by atoms with E-state index < -0.39 is 6.10 Å². The van der Waals surface area contributed by atoms with E-state index in [0.29, 0.717) is 12.6 Å². The number of likely N-dealkylation sites (tertiary alicyclic amines) is 1. The zero-order chi connectivity index (χ0) is 16.7. The first-order chi connectivity index (χ1) is 11.1. The molecule has 2 rings (SSSR count). The van der Waals surface area contributed by atoms with Crippen molar-refractivity contribution in [1.29, 1.82) is 0 Å². The fourth-order valence-electron chi connectivity index (χ4n) is 3.24. The highest BCUT2D eigenvalue weighted by Crippen LogP contribution is 2.17. The van der Waals surface area contributed by atoms with Crippen molar-refractivity contribution in [1.82, 2.24) is 15.5 Å². The number of rotatable bonds is 6. The van der Waals surface area contributed by atoms with Crippen molar-refractivity contribution in [2.45, 2.75) is 45.3 Å². The fourth-order valence-corrected chi connectivity index (χ4v) is 3.24. The number of hydrogen-bond donors (Lipinski definition) is 3. The van der Waals surface area contributed by atoms with E-state index in [2.05, 4.69) is 22.5 Å². The van der Waals surface area contributed by atoms with Gasteiger partial charge in [-0.1, -0.05) is 37.6 Å². The van der Waals surface area contributed by atoms with Gasteiger partial charge in [-0.15, -0.1) is 0 Å². The first-order valence-corrected chi connectivity index (χ1v) is 8.61. The molecule has 1 aromatic rings. The lowest BCUT2D eigenvalue weighted by molar-refractivity contribution is 0.151. The average Bonchev–Trinajstić information content (AvgIpc) is 2.58. The average molecular weight is 319 g/mol. The molecule has 1 heterocycles. The van der Waals surface area contributed by atoms with Gasteiger partial charge < -0.3 is 15.7 Å². The topological polar surface area (TPSA) is 64.6 Å². The van der Waals surface area contributed by atoms with Gasteiger partial charge in [0.2, 0.25) is 0 Å². The molecule has 1 aromatic carbocycles. The van der Waals surface area contributed by atoms with E-state index in [1.807, 2.05) is 31.2 Å². The minimum Gasteiger partial charge on any atom is -0.387 e. The lowest BCUT2D eigenvalue weighted by Gasteiger charge is -2.34. The zero-order valence-electron chi connectivity index (χ0n) is 14.2. The van der Waals surface area contributed by atoms with E-state index in [9.17, 15) is 9.90 Å². The summed E-state index contributed by atoms with van der Waals surface area (Å²) in [5, 5.41) is 15.9. The zero-order valence-corrected chi connectivity index (χ0v) is 14.2. The molecule has 1 fully saturated rings. The number of nitrogens with one attached hydrogen (secondary N) is 2. The van der Waals surface area contributed by atoms with Crippen LogP contribution in [0.15, 0.2) is 24.3 Å². The van der Waals surface area contributed by atoms with Crippen LogP contribution in [0.25, 0.3) is 0 Å². The van der Waals surface area contributed by atoms with E-state index in [1.165, 1.54) is 12.8 Å². The maximum Gasteiger partial charge on any atom is 0.314 e. The van der Waals surface area contributed by atoms with Crippen LogP contribution < -0.4 is 10.6 Å². The normalized spacial score (nSPS) is 20.0. The number of aryl methyl sites for hydroxylation is 1. The number of aliphatic hydroxyl groups excluding tert-OH is 1. The predicted octanol–water partition coefficient (Wildman–Crippen LogP) is 2.20. The lowest BCUT2D eigenvalue weighted by atomic mass is 10.0. The fraction of sp³-hybridized carbons (Fsp3) is 0.611. The quantitative estimate of drug-likeness (QED) is 0.753. The highest BCUT2D eigenvalue weighted by molar-refractivity contribution is 5.73. The molecule has 2 amide bonds. The second kappa shape index (κ2) is 8.89. The molecule has 0 aliphatic carbocycles. The van der Waals surface area contributed by atoms with Crippen LogP contribution >= 0.6 is 0 Å². The Kier molecular flexibility index (Phi) is 6.86. The summed E-state index contributed by atoms with van der Waals surface area (Å²) in [6, 6.07) is 7.91. The molecule has 5 heteroatoms. The number of urea groups is 1. The van der Waals surface area contributed by atoms with Gasteiger partial charge in [0.25, 0.3) is 0 Å². The standard InChI is InChI=1S/C18H29N3O2/c1-3-21-11-7-6-9-15(21)12-19-18(23)20-13-17(22)16-10-5-4-8-14(16)2/h4-5,8,10,15,17,22H,3,6-7,9,11-13H2,1-2H3,(H2,19,20,23). The van der Waals surface area contributed by atoms with E-state index in [0.717, 1.165) is 30.6 Å². The third-order valence-corrected chi connectivity index (χ3v) is 4.66. The van der Waals surface area contributed by atoms with Gasteiger partial charge in [0.1, 0.15) is 0 Å². The summed E-state index contributed by atoms with van der Waals surface area (Å²) < 4.78 is 0. The van der Waals surface area contributed by atoms with Gasteiger partial charge in [-0.05, 0) is 44.0 Å². The monoisotopic (exact) mass is 319 g/mol. The molecule has 0 aromatic heterocycles. The third kappa shape index (κ3) is 5.22. The van der Waals surface area contributed by atoms with Crippen LogP contribution in [0.5, 0.6) is 0 Å². The molecule has 0 radical (unpaired) electrons. The first-order valence-electron chi connectivity index (χ1n) is 8.61. The Balaban J connectivity index is 1.73. The van der Waals surface area contributed by atoms with Crippen molar-refractivity contribution in [2.24, 2.45) is 0 Å². The molecule has 0 spiro atoms. The number of hydrogen-bond acceptors (Lipinski definition) is 3. The Morgan fingerprint density at radius 3 is 2.87 bits per heavy atom. The van der Waals surface area contributed by atoms with E-state index >= 15 is 0 Å². The number of benzene rings is 1. The van der Waals surface area contributed by atoms with Crippen LogP contribution in [0.3, 0.4) is 0 Å². The smallest absolute Gasteiger partial charge is 0.314 e. The molecule has 128 valence electrons. The summed E-state index contributed by atoms with van der Waals surface area (Å²) in [5.74, 6) is 0. The van der Waals surface area contributed by atoms with Crippen LogP contribution in [0.1, 0.15) is 43.4 Å². The van der Waals surface area contributed by atoms with E-state index in [1.54, 1.807) is 0 Å². The maximum atomic E-state index is 11.9. The Bertz CT molecular complexity index is 507. The third-order valence-electron chi connectivity index (χ3n) is 4.66. The summed E-state index contributed by atoms with van der Waals surface area (Å²) in [4.78, 5) is 14.4. The van der Waals surface area contributed by atoms with Gasteiger partial charge in [-0.25, -0.2) is 4.79 Å². The van der Waals surface area contributed by atoms with Crippen LogP contribution in [-0.4, -0.2) is 48.3 Å². The highest BCUT2D eigenvalue weighted by atomic mass is 16.3. The van der Waals surface area contributed by atoms with Crippen LogP contribution in [0.4, 0.5) is 4.79 Å². The molecule has 23 heavy (non-hydrogen) atoms. The Morgan fingerprint density at radius 1 is 1.35 bits per heavy atom. The van der Waals surface area contributed by atoms with Gasteiger partial charge in [0.05, 0.1) is 6.10 Å². The molecule has 0 bridgehead atoms. The number of nitrogens with zero attached hydrogens (tertiary/aromatic N) is 1. The number of carbonyl (C=O) groups excluding carboxylic acids is 1. The molecule has 0 saturated carbocycles. The number of carbonyl (C=O) groups is 1. The summed E-state index contributed by atoms with van der Waals surface area (Å²) >= 11 is 0. The van der Waals surface area contributed by atoms with Crippen molar-refractivity contribution in [3.63, 3.8) is 0 Å². The second-order valence-electron chi connectivity index (χ2n) is 6.24. The SMILES string of the molecule is CCN1CCCCC1CNC(=O)NCC(O)c1ccccc1C. The molecular formula is C18H29N3O2. The molecule has 2 atom stereocenters. The van der Waals surface area contributed by atoms with E-state index in [-0.39, 0.29) is 12.6 Å². The highest BCUT2D eigenvalue weighted by Gasteiger charge is 2.21. The number of amides is 2. The Hall–Kier alpha value is -1.59. The molecule has 1 aliphatic heterocycles. The van der Waals surface area contributed by atoms with E-state index in [4.69, 9.17) is 0 Å². The summed E-state index contributed by atoms with van der Waals surface area (Å²) in [6.45, 7) is 7.16. The predicted molar refractivity (Wildman–Crippen MR) is 92.4 cm³/mol. The number of likely N-dealkylation sites (N-methyl/N-ethyl adjacent to an activating group) is 1. The number of aliphatic hydroxyl groups is 1. The first kappa shape index (κ1) is 17.8. The number of piperidine rings is 1. The van der Waals surface area contributed by atoms with Crippen LogP contribution in [-0.2, 0) is 0 Å². The van der Waals surface area contributed by atoms with Crippen LogP contribution in [0.2, 0.25) is 0 Å². The Morgan fingerprint density at radius 2 is 2.13 bits per heavy atom. The van der Waals surface area contributed by atoms with Gasteiger partial charge in [-0.3, -0.25) is 4.90 Å². The van der Waals surface area contributed by atoms with Crippen molar-refractivity contribution < 1.29 is 9.90 Å². The van der Waals surface area contributed by atoms with Gasteiger partial charge in [0, 0.05) is 19.1 Å². The summed E-state index contributed by atoms with van der Waals surface area (Å²) in [5.41, 5.74) is 1.89. The summed E-state index contributed by atoms with van der Waals surface area (Å²) in [7, 11) is 0. The van der Waals surface area contributed by atoms with Gasteiger partial charge in [-0.2, -0.15) is 0 Å². The molecular weight excluding hydrogens is 290 g/mol. The molecule has 1 saturated heterocycles. The molecule has 5 nitrogen and oxygen atoms in total. The van der Waals surface area contributed by atoms with Gasteiger partial charge >= 0.3 is 6.03 Å². The lowest BCUT2D eigenvalue weighted by Crippen LogP contribution is -2.48. The van der Waals surface area contributed by atoms with Crippen molar-refractivity contribution in [3.8, 4) is 0 Å². The van der Waals surface area contributed by atoms with Crippen molar-refractivity contribution >= 4 is 6.03 Å². The maximum absolute atomic E-state index is 11.9. The molecule has 2 unspecified atom stereocenters.